The van der Waals surface area contributed by atoms with Gasteiger partial charge in [-0.15, -0.1) is 6.58 Å². The van der Waals surface area contributed by atoms with E-state index in [4.69, 9.17) is 0 Å². The summed E-state index contributed by atoms with van der Waals surface area (Å²) in [6.07, 6.45) is 1.57. The van der Waals surface area contributed by atoms with Gasteiger partial charge in [-0.3, -0.25) is 0 Å². The summed E-state index contributed by atoms with van der Waals surface area (Å²) in [6, 6.07) is 9.60. The molecule has 1 unspecified atom stereocenters. The van der Waals surface area contributed by atoms with E-state index in [0.29, 0.717) is 6.42 Å². The van der Waals surface area contributed by atoms with Crippen LogP contribution in [0.2, 0.25) is 0 Å². The van der Waals surface area contributed by atoms with E-state index < -0.39 is 6.10 Å². The highest BCUT2D eigenvalue weighted by Gasteiger charge is 1.92. The topological polar surface area (TPSA) is 20.2 Å². The van der Waals surface area contributed by atoms with Gasteiger partial charge in [0.15, 0.2) is 0 Å². The quantitative estimate of drug-likeness (QED) is 0.577. The van der Waals surface area contributed by atoms with Gasteiger partial charge in [0.1, 0.15) is 6.10 Å². The third kappa shape index (κ3) is 6.54. The second-order valence-corrected chi connectivity index (χ2v) is 2.68. The molecule has 0 amide bonds. The maximum absolute atomic E-state index is 9.27. The summed E-state index contributed by atoms with van der Waals surface area (Å²) in [5.41, 5.74) is 0.922. The van der Waals surface area contributed by atoms with E-state index in [2.05, 4.69) is 18.4 Å². The molecule has 1 rings (SSSR count). The van der Waals surface area contributed by atoms with Crippen LogP contribution in [0.1, 0.15) is 25.8 Å². The molecule has 1 atom stereocenters. The van der Waals surface area contributed by atoms with Crippen LogP contribution in [-0.4, -0.2) is 11.2 Å². The van der Waals surface area contributed by atoms with E-state index >= 15 is 0 Å². The van der Waals surface area contributed by atoms with Crippen molar-refractivity contribution in [1.82, 2.24) is 0 Å². The lowest BCUT2D eigenvalue weighted by Gasteiger charge is -1.95. The zero-order valence-corrected chi connectivity index (χ0v) is 9.40. The molecule has 0 aliphatic rings. The van der Waals surface area contributed by atoms with Crippen LogP contribution in [-0.2, 0) is 0 Å². The highest BCUT2D eigenvalue weighted by molar-refractivity contribution is 5.34. The average Bonchev–Trinajstić information content (AvgIpc) is 2.31. The van der Waals surface area contributed by atoms with Crippen molar-refractivity contribution in [1.29, 1.82) is 0 Å². The fourth-order valence-electron chi connectivity index (χ4n) is 0.905. The van der Waals surface area contributed by atoms with Crippen LogP contribution in [0.25, 0.3) is 0 Å². The van der Waals surface area contributed by atoms with Gasteiger partial charge >= 0.3 is 0 Å². The fourth-order valence-corrected chi connectivity index (χ4v) is 0.905. The van der Waals surface area contributed by atoms with Crippen molar-refractivity contribution >= 4 is 0 Å². The Morgan fingerprint density at radius 1 is 1.33 bits per heavy atom. The molecular weight excluding hydrogens is 184 g/mol. The predicted molar refractivity (Wildman–Crippen MR) is 65.5 cm³/mol. The second-order valence-electron chi connectivity index (χ2n) is 2.68. The monoisotopic (exact) mass is 202 g/mol. The number of aliphatic hydroxyl groups is 1. The fraction of sp³-hybridized carbons (Fsp3) is 0.286. The molecule has 0 aromatic heterocycles. The maximum atomic E-state index is 9.27. The summed E-state index contributed by atoms with van der Waals surface area (Å²) in [4.78, 5) is 0. The number of rotatable bonds is 2. The lowest BCUT2D eigenvalue weighted by atomic mass is 10.2. The first-order chi connectivity index (χ1) is 7.33. The van der Waals surface area contributed by atoms with Crippen LogP contribution >= 0.6 is 0 Å². The van der Waals surface area contributed by atoms with Gasteiger partial charge in [0.05, 0.1) is 0 Å². The second kappa shape index (κ2) is 9.05. The Balaban J connectivity index is 0.000000921. The van der Waals surface area contributed by atoms with E-state index in [1.165, 1.54) is 0 Å². The molecule has 0 radical (unpaired) electrons. The minimum Gasteiger partial charge on any atom is -0.380 e. The van der Waals surface area contributed by atoms with E-state index in [1.54, 1.807) is 6.08 Å². The predicted octanol–water partition coefficient (Wildman–Crippen LogP) is 3.00. The largest absolute Gasteiger partial charge is 0.380 e. The van der Waals surface area contributed by atoms with Crippen LogP contribution in [0.4, 0.5) is 0 Å². The summed E-state index contributed by atoms with van der Waals surface area (Å²) in [5, 5.41) is 9.27. The van der Waals surface area contributed by atoms with Crippen molar-refractivity contribution in [3.8, 4) is 11.8 Å². The molecule has 80 valence electrons. The van der Waals surface area contributed by atoms with Crippen LogP contribution in [0.15, 0.2) is 43.0 Å². The number of benzene rings is 1. The molecule has 0 saturated carbocycles. The van der Waals surface area contributed by atoms with Gasteiger partial charge in [0, 0.05) is 12.0 Å². The Bertz CT molecular complexity index is 316. The lowest BCUT2D eigenvalue weighted by Crippen LogP contribution is -1.99. The van der Waals surface area contributed by atoms with Gasteiger partial charge in [-0.1, -0.05) is 50.0 Å². The molecule has 1 heteroatoms. The zero-order chi connectivity index (χ0) is 11.5. The molecule has 1 N–H and O–H groups in total. The SMILES string of the molecule is C=CCC(O)C#Cc1ccccc1.CC. The summed E-state index contributed by atoms with van der Waals surface area (Å²) in [5.74, 6) is 5.62. The molecule has 1 aromatic carbocycles. The minimum absolute atomic E-state index is 0.514. The van der Waals surface area contributed by atoms with E-state index in [0.717, 1.165) is 5.56 Å². The van der Waals surface area contributed by atoms with Crippen molar-refractivity contribution in [3.05, 3.63) is 48.6 Å². The number of hydrogen-bond donors (Lipinski definition) is 1. The minimum atomic E-state index is -0.599. The smallest absolute Gasteiger partial charge is 0.118 e. The first kappa shape index (κ1) is 13.5. The summed E-state index contributed by atoms with van der Waals surface area (Å²) >= 11 is 0. The molecular formula is C14H18O. The molecule has 0 bridgehead atoms. The number of hydrogen-bond acceptors (Lipinski definition) is 1. The van der Waals surface area contributed by atoms with Gasteiger partial charge in [-0.05, 0) is 12.1 Å². The first-order valence-electron chi connectivity index (χ1n) is 5.18. The van der Waals surface area contributed by atoms with Crippen LogP contribution in [0.3, 0.4) is 0 Å². The molecule has 0 heterocycles. The van der Waals surface area contributed by atoms with Crippen molar-refractivity contribution in [2.75, 3.05) is 0 Å². The highest BCUT2D eigenvalue weighted by Crippen LogP contribution is 1.96. The van der Waals surface area contributed by atoms with Crippen molar-refractivity contribution in [3.63, 3.8) is 0 Å². The van der Waals surface area contributed by atoms with Crippen molar-refractivity contribution in [2.24, 2.45) is 0 Å². The van der Waals surface area contributed by atoms with Crippen LogP contribution in [0, 0.1) is 11.8 Å². The Morgan fingerprint density at radius 2 is 1.93 bits per heavy atom. The molecule has 15 heavy (non-hydrogen) atoms. The van der Waals surface area contributed by atoms with Gasteiger partial charge in [-0.25, -0.2) is 0 Å². The molecule has 0 aliphatic carbocycles. The van der Waals surface area contributed by atoms with Crippen LogP contribution in [0.5, 0.6) is 0 Å². The highest BCUT2D eigenvalue weighted by atomic mass is 16.3. The number of aliphatic hydroxyl groups excluding tert-OH is 1. The normalized spacial score (nSPS) is 10.1. The van der Waals surface area contributed by atoms with E-state index in [1.807, 2.05) is 44.2 Å². The average molecular weight is 202 g/mol. The van der Waals surface area contributed by atoms with Crippen molar-refractivity contribution < 1.29 is 5.11 Å². The zero-order valence-electron chi connectivity index (χ0n) is 9.40. The van der Waals surface area contributed by atoms with Gasteiger partial charge in [0.2, 0.25) is 0 Å². The molecule has 1 aromatic rings. The van der Waals surface area contributed by atoms with Crippen LogP contribution < -0.4 is 0 Å². The van der Waals surface area contributed by atoms with Gasteiger partial charge in [-0.2, -0.15) is 0 Å². The molecule has 0 aliphatic heterocycles. The summed E-state index contributed by atoms with van der Waals surface area (Å²) in [6.45, 7) is 7.53. The molecule has 0 fully saturated rings. The first-order valence-corrected chi connectivity index (χ1v) is 5.18. The van der Waals surface area contributed by atoms with Gasteiger partial charge in [0.25, 0.3) is 0 Å². The summed E-state index contributed by atoms with van der Waals surface area (Å²) < 4.78 is 0. The molecule has 1 nitrogen and oxygen atoms in total. The van der Waals surface area contributed by atoms with E-state index in [-0.39, 0.29) is 0 Å². The van der Waals surface area contributed by atoms with E-state index in [9.17, 15) is 5.11 Å². The molecule has 0 saturated heterocycles. The maximum Gasteiger partial charge on any atom is 0.118 e. The Hall–Kier alpha value is -1.52. The third-order valence-electron chi connectivity index (χ3n) is 1.55. The Kier molecular flexibility index (Phi) is 8.13. The lowest BCUT2D eigenvalue weighted by molar-refractivity contribution is 0.236. The standard InChI is InChI=1S/C12H12O.C2H6/c1-2-6-12(13)10-9-11-7-4-3-5-8-11;1-2/h2-5,7-8,12-13H,1,6H2;1-2H3. The summed E-state index contributed by atoms with van der Waals surface area (Å²) in [7, 11) is 0. The molecule has 0 spiro atoms. The van der Waals surface area contributed by atoms with Gasteiger partial charge < -0.3 is 5.11 Å². The van der Waals surface area contributed by atoms with Crippen molar-refractivity contribution in [2.45, 2.75) is 26.4 Å². The third-order valence-corrected chi connectivity index (χ3v) is 1.55. The Labute approximate surface area is 92.5 Å². The Morgan fingerprint density at radius 3 is 2.47 bits per heavy atom.